The molecule has 2 bridgehead atoms. The highest BCUT2D eigenvalue weighted by molar-refractivity contribution is 6.13. The summed E-state index contributed by atoms with van der Waals surface area (Å²) in [6.45, 7) is 1.86. The molecule has 0 spiro atoms. The van der Waals surface area contributed by atoms with Crippen molar-refractivity contribution in [2.75, 3.05) is 10.7 Å². The van der Waals surface area contributed by atoms with Crippen LogP contribution in [0.1, 0.15) is 49.8 Å². The van der Waals surface area contributed by atoms with Crippen LogP contribution in [0.15, 0.2) is 52.2 Å². The Bertz CT molecular complexity index is 1130. The van der Waals surface area contributed by atoms with E-state index < -0.39 is 6.10 Å². The van der Waals surface area contributed by atoms with Gasteiger partial charge >= 0.3 is 0 Å². The molecule has 5 N–H and O–H groups in total. The molecule has 8 nitrogen and oxygen atoms in total. The van der Waals surface area contributed by atoms with Crippen molar-refractivity contribution in [3.63, 3.8) is 0 Å². The molecule has 1 fully saturated rings. The highest BCUT2D eigenvalue weighted by atomic mass is 19.1. The average Bonchev–Trinajstić information content (AvgIpc) is 3.21. The highest BCUT2D eigenvalue weighted by Crippen LogP contribution is 2.36. The molecule has 1 saturated carbocycles. The van der Waals surface area contributed by atoms with E-state index in [0.717, 1.165) is 35.4 Å². The van der Waals surface area contributed by atoms with Gasteiger partial charge in [-0.2, -0.15) is 0 Å². The van der Waals surface area contributed by atoms with Crippen LogP contribution < -0.4 is 26.6 Å². The van der Waals surface area contributed by atoms with Gasteiger partial charge in [0.2, 0.25) is 0 Å². The van der Waals surface area contributed by atoms with Gasteiger partial charge in [-0.25, -0.2) is 14.4 Å². The number of rotatable bonds is 1. The van der Waals surface area contributed by atoms with Gasteiger partial charge in [-0.3, -0.25) is 15.4 Å². The molecule has 0 saturated heterocycles. The number of ether oxygens (including phenoxy) is 1. The van der Waals surface area contributed by atoms with Crippen LogP contribution in [-0.4, -0.2) is 29.2 Å². The fourth-order valence-corrected chi connectivity index (χ4v) is 4.19. The monoisotopic (exact) mass is 435 g/mol. The van der Waals surface area contributed by atoms with Gasteiger partial charge in [-0.15, -0.1) is 0 Å². The summed E-state index contributed by atoms with van der Waals surface area (Å²) >= 11 is 0. The van der Waals surface area contributed by atoms with E-state index in [4.69, 9.17) is 21.2 Å². The summed E-state index contributed by atoms with van der Waals surface area (Å²) in [6, 6.07) is 6.72. The molecule has 2 aromatic rings. The van der Waals surface area contributed by atoms with Crippen LogP contribution >= 0.6 is 0 Å². The summed E-state index contributed by atoms with van der Waals surface area (Å²) in [7, 11) is 0. The maximum atomic E-state index is 14.2. The van der Waals surface area contributed by atoms with Crippen molar-refractivity contribution in [2.45, 2.75) is 50.9 Å². The molecule has 0 radical (unpaired) electrons. The molecule has 1 aromatic carbocycles. The Balaban J connectivity index is 1.67. The Morgan fingerprint density at radius 1 is 1.31 bits per heavy atom. The van der Waals surface area contributed by atoms with Gasteiger partial charge < -0.3 is 16.2 Å². The van der Waals surface area contributed by atoms with Crippen LogP contribution in [0, 0.1) is 5.82 Å². The van der Waals surface area contributed by atoms with E-state index in [1.807, 2.05) is 18.0 Å². The van der Waals surface area contributed by atoms with Gasteiger partial charge in [0.1, 0.15) is 24.4 Å². The van der Waals surface area contributed by atoms with Crippen molar-refractivity contribution in [3.8, 4) is 5.75 Å². The second-order valence-electron chi connectivity index (χ2n) is 8.29. The number of nitrogens with one attached hydrogen (secondary N) is 1. The molecule has 3 aliphatic rings. The van der Waals surface area contributed by atoms with E-state index >= 15 is 0 Å². The lowest BCUT2D eigenvalue weighted by Crippen LogP contribution is -2.40. The first kappa shape index (κ1) is 20.3. The van der Waals surface area contributed by atoms with Gasteiger partial charge in [-0.05, 0) is 62.2 Å². The third-order valence-corrected chi connectivity index (χ3v) is 6.18. The number of hydrogen-bond acceptors (Lipinski definition) is 8. The second-order valence-corrected chi connectivity index (χ2v) is 8.29. The minimum Gasteiger partial charge on any atom is -0.482 e. The molecule has 32 heavy (non-hydrogen) atoms. The summed E-state index contributed by atoms with van der Waals surface area (Å²) in [5.41, 5.74) is 19.2. The van der Waals surface area contributed by atoms with Gasteiger partial charge in [0, 0.05) is 23.7 Å². The Labute approximate surface area is 185 Å². The molecule has 166 valence electrons. The number of halogens is 1. The summed E-state index contributed by atoms with van der Waals surface area (Å²) in [6.07, 6.45) is 7.94. The molecule has 0 amide bonds. The number of pyridine rings is 1. The Hall–Kier alpha value is -3.62. The second kappa shape index (κ2) is 8.14. The molecule has 1 aliphatic carbocycles. The summed E-state index contributed by atoms with van der Waals surface area (Å²) in [5, 5.41) is 1.90. The molecule has 1 unspecified atom stereocenters. The molecule has 9 heteroatoms. The molecule has 1 aromatic heterocycles. The van der Waals surface area contributed by atoms with Crippen LogP contribution in [-0.2, 0) is 0 Å². The predicted octanol–water partition coefficient (Wildman–Crippen LogP) is 3.21. The maximum Gasteiger partial charge on any atom is 0.166 e. The molecule has 2 aliphatic heterocycles. The number of nitrogens with zero attached hydrogens (tertiary/aromatic N) is 4. The smallest absolute Gasteiger partial charge is 0.166 e. The van der Waals surface area contributed by atoms with Gasteiger partial charge in [0.25, 0.3) is 0 Å². The molecular formula is C23H26FN7O. The van der Waals surface area contributed by atoms with Gasteiger partial charge in [-0.1, -0.05) is 0 Å². The van der Waals surface area contributed by atoms with E-state index in [1.165, 1.54) is 18.6 Å². The summed E-state index contributed by atoms with van der Waals surface area (Å²) in [5.74, 6) is 0.336. The normalized spacial score (nSPS) is 25.2. The zero-order valence-corrected chi connectivity index (χ0v) is 17.8. The fraction of sp³-hybridized carbons (Fsp3) is 0.348. The van der Waals surface area contributed by atoms with E-state index in [9.17, 15) is 4.39 Å². The van der Waals surface area contributed by atoms with Crippen molar-refractivity contribution >= 4 is 23.6 Å². The van der Waals surface area contributed by atoms with E-state index in [2.05, 4.69) is 15.4 Å². The standard InChI is InChI=1S/C23H26FN7O/c1-13-18-9-16(24)5-6-19(18)31-21(28-12-29-31)8-14(10-25)22(30-17-3-2-4-17)15-7-20(32-13)23(26)27-11-15/h5-7,9-13,17,21H,2-4,8,25H2,1H3,(H2,26,27)(H,28,29)/t13-,21?/m1/s1. The summed E-state index contributed by atoms with van der Waals surface area (Å²) < 4.78 is 20.4. The van der Waals surface area contributed by atoms with Crippen molar-refractivity contribution < 1.29 is 9.13 Å². The topological polar surface area (TPSA) is 114 Å². The minimum atomic E-state index is -0.487. The first-order chi connectivity index (χ1) is 15.5. The number of benzene rings is 1. The number of hydrazine groups is 1. The number of aromatic nitrogens is 1. The maximum absolute atomic E-state index is 14.2. The van der Waals surface area contributed by atoms with Gasteiger partial charge in [0.15, 0.2) is 11.6 Å². The zero-order valence-electron chi connectivity index (χ0n) is 17.8. The fourth-order valence-electron chi connectivity index (χ4n) is 4.19. The van der Waals surface area contributed by atoms with E-state index in [0.29, 0.717) is 17.7 Å². The number of nitrogen functional groups attached to an aromatic ring is 1. The van der Waals surface area contributed by atoms with Crippen LogP contribution in [0.3, 0.4) is 0 Å². The van der Waals surface area contributed by atoms with Crippen LogP contribution in [0.5, 0.6) is 5.75 Å². The lowest BCUT2D eigenvalue weighted by Gasteiger charge is -2.31. The Kier molecular flexibility index (Phi) is 5.16. The molecule has 3 heterocycles. The van der Waals surface area contributed by atoms with E-state index in [1.54, 1.807) is 24.8 Å². The minimum absolute atomic E-state index is 0.261. The number of nitrogens with two attached hydrogens (primary N) is 2. The lowest BCUT2D eigenvalue weighted by atomic mass is 9.92. The first-order valence-electron chi connectivity index (χ1n) is 10.8. The largest absolute Gasteiger partial charge is 0.482 e. The highest BCUT2D eigenvalue weighted by Gasteiger charge is 2.30. The number of anilines is 2. The Morgan fingerprint density at radius 3 is 2.91 bits per heavy atom. The Morgan fingerprint density at radius 2 is 2.16 bits per heavy atom. The van der Waals surface area contributed by atoms with Crippen LogP contribution in [0.25, 0.3) is 0 Å². The van der Waals surface area contributed by atoms with Crippen molar-refractivity contribution in [3.05, 3.63) is 59.2 Å². The number of fused-ring (bicyclic) bond motifs is 5. The summed E-state index contributed by atoms with van der Waals surface area (Å²) in [4.78, 5) is 13.9. The number of aliphatic imine (C=N–C) groups is 2. The van der Waals surface area contributed by atoms with Gasteiger partial charge in [0.05, 0.1) is 17.4 Å². The molecule has 2 atom stereocenters. The van der Waals surface area contributed by atoms with Crippen LogP contribution in [0.4, 0.5) is 15.9 Å². The van der Waals surface area contributed by atoms with Crippen LogP contribution in [0.2, 0.25) is 0 Å². The van der Waals surface area contributed by atoms with Crippen molar-refractivity contribution in [2.24, 2.45) is 15.7 Å². The average molecular weight is 436 g/mol. The quantitative estimate of drug-likeness (QED) is 0.634. The molecule has 5 rings (SSSR count). The van der Waals surface area contributed by atoms with Crippen molar-refractivity contribution in [1.82, 2.24) is 10.4 Å². The lowest BCUT2D eigenvalue weighted by molar-refractivity contribution is 0.227. The SMILES string of the molecule is C[C@H]1Oc2cc(cnc2N)C(=NC2CCC2)C(=CN)CC2N=CNN2c2ccc(F)cc21. The molecular weight excluding hydrogens is 409 g/mol. The van der Waals surface area contributed by atoms with E-state index in [-0.39, 0.29) is 23.8 Å². The predicted molar refractivity (Wildman–Crippen MR) is 123 cm³/mol. The first-order valence-corrected chi connectivity index (χ1v) is 10.8. The zero-order chi connectivity index (χ0) is 22.2. The van der Waals surface area contributed by atoms with Crippen molar-refractivity contribution in [1.29, 1.82) is 0 Å². The third-order valence-electron chi connectivity index (χ3n) is 6.18. The third kappa shape index (κ3) is 3.63. The number of hydrogen-bond donors (Lipinski definition) is 3.